The SMILES string of the molecule is CCc1ccccc1C(=O)Nc1ccccc1C(C)NC. The Bertz CT molecular complexity index is 622. The van der Waals surface area contributed by atoms with Crippen LogP contribution in [-0.2, 0) is 6.42 Å². The number of anilines is 1. The molecule has 0 aliphatic rings. The van der Waals surface area contributed by atoms with Crippen molar-refractivity contribution in [2.45, 2.75) is 26.3 Å². The normalized spacial score (nSPS) is 12.0. The van der Waals surface area contributed by atoms with Crippen LogP contribution in [-0.4, -0.2) is 13.0 Å². The maximum atomic E-state index is 12.5. The fraction of sp³-hybridized carbons (Fsp3) is 0.278. The van der Waals surface area contributed by atoms with Crippen molar-refractivity contribution in [1.29, 1.82) is 0 Å². The van der Waals surface area contributed by atoms with Crippen molar-refractivity contribution < 1.29 is 4.79 Å². The van der Waals surface area contributed by atoms with Crippen LogP contribution in [0.5, 0.6) is 0 Å². The van der Waals surface area contributed by atoms with Crippen LogP contribution in [0.1, 0.15) is 41.4 Å². The molecule has 0 bridgehead atoms. The molecular formula is C18H22N2O. The predicted molar refractivity (Wildman–Crippen MR) is 87.7 cm³/mol. The third kappa shape index (κ3) is 3.50. The average Bonchev–Trinajstić information content (AvgIpc) is 2.54. The Morgan fingerprint density at radius 1 is 1.10 bits per heavy atom. The largest absolute Gasteiger partial charge is 0.322 e. The van der Waals surface area contributed by atoms with Gasteiger partial charge in [0, 0.05) is 17.3 Å². The molecular weight excluding hydrogens is 260 g/mol. The Kier molecular flexibility index (Phi) is 5.12. The van der Waals surface area contributed by atoms with Gasteiger partial charge in [0.15, 0.2) is 0 Å². The zero-order valence-corrected chi connectivity index (χ0v) is 12.8. The summed E-state index contributed by atoms with van der Waals surface area (Å²) in [4.78, 5) is 12.5. The Morgan fingerprint density at radius 3 is 2.48 bits per heavy atom. The molecule has 0 spiro atoms. The molecule has 0 aromatic heterocycles. The van der Waals surface area contributed by atoms with E-state index in [1.807, 2.05) is 55.6 Å². The molecule has 0 aliphatic carbocycles. The first-order valence-corrected chi connectivity index (χ1v) is 7.32. The first-order valence-electron chi connectivity index (χ1n) is 7.32. The van der Waals surface area contributed by atoms with Crippen LogP contribution < -0.4 is 10.6 Å². The highest BCUT2D eigenvalue weighted by atomic mass is 16.1. The predicted octanol–water partition coefficient (Wildman–Crippen LogP) is 3.78. The zero-order valence-electron chi connectivity index (χ0n) is 12.8. The summed E-state index contributed by atoms with van der Waals surface area (Å²) in [6, 6.07) is 15.8. The van der Waals surface area contributed by atoms with E-state index < -0.39 is 0 Å². The van der Waals surface area contributed by atoms with Crippen LogP contribution in [0.15, 0.2) is 48.5 Å². The molecule has 3 nitrogen and oxygen atoms in total. The van der Waals surface area contributed by atoms with Crippen LogP contribution in [0.4, 0.5) is 5.69 Å². The lowest BCUT2D eigenvalue weighted by Crippen LogP contribution is -2.18. The number of carbonyl (C=O) groups is 1. The molecule has 2 rings (SSSR count). The highest BCUT2D eigenvalue weighted by Crippen LogP contribution is 2.23. The summed E-state index contributed by atoms with van der Waals surface area (Å²) in [5.41, 5.74) is 3.75. The van der Waals surface area contributed by atoms with Crippen molar-refractivity contribution in [2.24, 2.45) is 0 Å². The summed E-state index contributed by atoms with van der Waals surface area (Å²) in [7, 11) is 1.91. The summed E-state index contributed by atoms with van der Waals surface area (Å²) >= 11 is 0. The highest BCUT2D eigenvalue weighted by molar-refractivity contribution is 6.05. The molecule has 0 radical (unpaired) electrons. The second-order valence-corrected chi connectivity index (χ2v) is 5.06. The van der Waals surface area contributed by atoms with Crippen LogP contribution in [0.3, 0.4) is 0 Å². The van der Waals surface area contributed by atoms with Crippen molar-refractivity contribution in [3.63, 3.8) is 0 Å². The monoisotopic (exact) mass is 282 g/mol. The van der Waals surface area contributed by atoms with E-state index in [1.54, 1.807) is 0 Å². The number of carbonyl (C=O) groups excluding carboxylic acids is 1. The van der Waals surface area contributed by atoms with E-state index in [9.17, 15) is 4.79 Å². The third-order valence-corrected chi connectivity index (χ3v) is 3.75. The van der Waals surface area contributed by atoms with E-state index in [2.05, 4.69) is 24.5 Å². The first-order chi connectivity index (χ1) is 10.2. The maximum absolute atomic E-state index is 12.5. The molecule has 21 heavy (non-hydrogen) atoms. The van der Waals surface area contributed by atoms with E-state index in [4.69, 9.17) is 0 Å². The number of benzene rings is 2. The van der Waals surface area contributed by atoms with Crippen LogP contribution in [0.2, 0.25) is 0 Å². The molecule has 1 atom stereocenters. The van der Waals surface area contributed by atoms with Crippen LogP contribution >= 0.6 is 0 Å². The minimum Gasteiger partial charge on any atom is -0.322 e. The Hall–Kier alpha value is -2.13. The Balaban J connectivity index is 2.28. The zero-order chi connectivity index (χ0) is 15.2. The summed E-state index contributed by atoms with van der Waals surface area (Å²) in [5, 5.41) is 6.24. The number of hydrogen-bond acceptors (Lipinski definition) is 2. The van der Waals surface area contributed by atoms with Gasteiger partial charge >= 0.3 is 0 Å². The lowest BCUT2D eigenvalue weighted by molar-refractivity contribution is 0.102. The third-order valence-electron chi connectivity index (χ3n) is 3.75. The van der Waals surface area contributed by atoms with Gasteiger partial charge in [-0.1, -0.05) is 43.3 Å². The van der Waals surface area contributed by atoms with Crippen molar-refractivity contribution in [2.75, 3.05) is 12.4 Å². The molecule has 110 valence electrons. The van der Waals surface area contributed by atoms with E-state index in [0.29, 0.717) is 0 Å². The molecule has 2 aromatic rings. The molecule has 0 fully saturated rings. The van der Waals surface area contributed by atoms with Gasteiger partial charge in [0.05, 0.1) is 0 Å². The number of nitrogens with one attached hydrogen (secondary N) is 2. The Labute approximate surface area is 126 Å². The summed E-state index contributed by atoms with van der Waals surface area (Å²) in [6.07, 6.45) is 0.845. The van der Waals surface area contributed by atoms with Crippen molar-refractivity contribution >= 4 is 11.6 Å². The number of amides is 1. The quantitative estimate of drug-likeness (QED) is 0.876. The molecule has 2 N–H and O–H groups in total. The van der Waals surface area contributed by atoms with Gasteiger partial charge in [0.2, 0.25) is 0 Å². The first kappa shape index (κ1) is 15.3. The average molecular weight is 282 g/mol. The van der Waals surface area contributed by atoms with Gasteiger partial charge in [-0.3, -0.25) is 4.79 Å². The fourth-order valence-electron chi connectivity index (χ4n) is 2.38. The minimum atomic E-state index is -0.0526. The lowest BCUT2D eigenvalue weighted by Gasteiger charge is -2.17. The molecule has 1 unspecified atom stereocenters. The van der Waals surface area contributed by atoms with Crippen molar-refractivity contribution in [3.05, 3.63) is 65.2 Å². The topological polar surface area (TPSA) is 41.1 Å². The number of hydrogen-bond donors (Lipinski definition) is 2. The highest BCUT2D eigenvalue weighted by Gasteiger charge is 2.13. The smallest absolute Gasteiger partial charge is 0.255 e. The molecule has 2 aromatic carbocycles. The van der Waals surface area contributed by atoms with Gasteiger partial charge in [0.25, 0.3) is 5.91 Å². The van der Waals surface area contributed by atoms with Gasteiger partial charge in [-0.05, 0) is 43.7 Å². The van der Waals surface area contributed by atoms with E-state index in [0.717, 1.165) is 28.8 Å². The second-order valence-electron chi connectivity index (χ2n) is 5.06. The standard InChI is InChI=1S/C18H22N2O/c1-4-14-9-5-6-11-16(14)18(21)20-17-12-8-7-10-15(17)13(2)19-3/h5-13,19H,4H2,1-3H3,(H,20,21). The molecule has 1 amide bonds. The van der Waals surface area contributed by atoms with Gasteiger partial charge in [-0.25, -0.2) is 0 Å². The number of aryl methyl sites for hydroxylation is 1. The van der Waals surface area contributed by atoms with E-state index in [-0.39, 0.29) is 11.9 Å². The van der Waals surface area contributed by atoms with E-state index >= 15 is 0 Å². The van der Waals surface area contributed by atoms with Crippen molar-refractivity contribution in [3.8, 4) is 0 Å². The summed E-state index contributed by atoms with van der Waals surface area (Å²) in [5.74, 6) is -0.0526. The summed E-state index contributed by atoms with van der Waals surface area (Å²) < 4.78 is 0. The molecule has 0 aliphatic heterocycles. The Morgan fingerprint density at radius 2 is 1.76 bits per heavy atom. The summed E-state index contributed by atoms with van der Waals surface area (Å²) in [6.45, 7) is 4.13. The van der Waals surface area contributed by atoms with Crippen LogP contribution in [0.25, 0.3) is 0 Å². The lowest BCUT2D eigenvalue weighted by atomic mass is 10.0. The van der Waals surface area contributed by atoms with Gasteiger partial charge in [-0.2, -0.15) is 0 Å². The van der Waals surface area contributed by atoms with Gasteiger partial charge < -0.3 is 10.6 Å². The fourth-order valence-corrected chi connectivity index (χ4v) is 2.38. The molecule has 0 saturated carbocycles. The number of rotatable bonds is 5. The van der Waals surface area contributed by atoms with Gasteiger partial charge in [0.1, 0.15) is 0 Å². The molecule has 0 heterocycles. The number of para-hydroxylation sites is 1. The molecule has 0 saturated heterocycles. The van der Waals surface area contributed by atoms with Gasteiger partial charge in [-0.15, -0.1) is 0 Å². The van der Waals surface area contributed by atoms with E-state index in [1.165, 1.54) is 0 Å². The minimum absolute atomic E-state index is 0.0526. The van der Waals surface area contributed by atoms with Crippen molar-refractivity contribution in [1.82, 2.24) is 5.32 Å². The maximum Gasteiger partial charge on any atom is 0.255 e. The molecule has 3 heteroatoms. The second kappa shape index (κ2) is 7.04. The van der Waals surface area contributed by atoms with Crippen LogP contribution in [0, 0.1) is 0 Å².